The molecule has 4 heteroatoms. The normalized spacial score (nSPS) is 18.1. The quantitative estimate of drug-likeness (QED) is 0.838. The van der Waals surface area contributed by atoms with Gasteiger partial charge in [-0.3, -0.25) is 4.90 Å². The number of aromatic nitrogens is 1. The predicted octanol–water partition coefficient (Wildman–Crippen LogP) is 2.31. The first-order chi connectivity index (χ1) is 9.83. The number of methoxy groups -OCH3 is 1. The molecule has 0 spiro atoms. The number of benzene rings is 1. The largest absolute Gasteiger partial charge is 0.497 e. The van der Waals surface area contributed by atoms with Gasteiger partial charge in [-0.05, 0) is 23.8 Å². The minimum Gasteiger partial charge on any atom is -0.497 e. The van der Waals surface area contributed by atoms with Crippen LogP contribution in [0.4, 0.5) is 0 Å². The summed E-state index contributed by atoms with van der Waals surface area (Å²) in [5, 5.41) is 4.61. The molecule has 1 aromatic carbocycles. The van der Waals surface area contributed by atoms with Gasteiger partial charge in [-0.2, -0.15) is 0 Å². The van der Waals surface area contributed by atoms with Crippen molar-refractivity contribution < 1.29 is 4.74 Å². The molecule has 1 saturated heterocycles. The van der Waals surface area contributed by atoms with Gasteiger partial charge in [0.1, 0.15) is 5.75 Å². The third-order valence-corrected chi connectivity index (χ3v) is 4.01. The zero-order valence-corrected chi connectivity index (χ0v) is 11.9. The molecule has 0 aliphatic carbocycles. The Kier molecular flexibility index (Phi) is 3.76. The van der Waals surface area contributed by atoms with Crippen LogP contribution in [0.1, 0.15) is 11.6 Å². The minimum absolute atomic E-state index is 0.248. The van der Waals surface area contributed by atoms with Crippen molar-refractivity contribution >= 4 is 10.9 Å². The molecule has 2 heterocycles. The summed E-state index contributed by atoms with van der Waals surface area (Å²) < 4.78 is 5.34. The summed E-state index contributed by atoms with van der Waals surface area (Å²) in [5.41, 5.74) is 2.42. The molecule has 0 bridgehead atoms. The average Bonchev–Trinajstić information content (AvgIpc) is 2.92. The van der Waals surface area contributed by atoms with E-state index in [1.54, 1.807) is 7.11 Å². The van der Waals surface area contributed by atoms with Crippen molar-refractivity contribution in [3.8, 4) is 5.75 Å². The van der Waals surface area contributed by atoms with E-state index in [9.17, 15) is 0 Å². The van der Waals surface area contributed by atoms with Crippen molar-refractivity contribution in [1.82, 2.24) is 15.2 Å². The lowest BCUT2D eigenvalue weighted by Crippen LogP contribution is -2.44. The second kappa shape index (κ2) is 5.69. The van der Waals surface area contributed by atoms with E-state index in [0.29, 0.717) is 0 Å². The van der Waals surface area contributed by atoms with Crippen molar-refractivity contribution in [1.29, 1.82) is 0 Å². The van der Waals surface area contributed by atoms with Crippen LogP contribution in [0.3, 0.4) is 0 Å². The average molecular weight is 271 g/mol. The third-order valence-electron chi connectivity index (χ3n) is 4.01. The van der Waals surface area contributed by atoms with Crippen LogP contribution in [0.2, 0.25) is 0 Å². The molecule has 0 unspecified atom stereocenters. The molecule has 0 radical (unpaired) electrons. The highest BCUT2D eigenvalue weighted by molar-refractivity contribution is 5.85. The number of H-pyrrole nitrogens is 1. The lowest BCUT2D eigenvalue weighted by molar-refractivity contribution is 0.204. The van der Waals surface area contributed by atoms with Gasteiger partial charge in [0.2, 0.25) is 0 Å². The van der Waals surface area contributed by atoms with Crippen LogP contribution in [0, 0.1) is 0 Å². The fourth-order valence-electron chi connectivity index (χ4n) is 2.93. The molecule has 1 fully saturated rings. The number of hydrogen-bond donors (Lipinski definition) is 2. The number of aromatic amines is 1. The molecular weight excluding hydrogens is 250 g/mol. The Bertz CT molecular complexity index is 599. The van der Waals surface area contributed by atoms with Crippen LogP contribution in [0.25, 0.3) is 10.9 Å². The minimum atomic E-state index is 0.248. The van der Waals surface area contributed by atoms with Gasteiger partial charge in [0, 0.05) is 43.3 Å². The van der Waals surface area contributed by atoms with Crippen LogP contribution in [0.15, 0.2) is 37.1 Å². The second-order valence-electron chi connectivity index (χ2n) is 5.12. The van der Waals surface area contributed by atoms with E-state index in [1.807, 2.05) is 12.1 Å². The highest BCUT2D eigenvalue weighted by atomic mass is 16.5. The first-order valence-electron chi connectivity index (χ1n) is 7.06. The first-order valence-corrected chi connectivity index (χ1v) is 7.06. The van der Waals surface area contributed by atoms with Gasteiger partial charge in [-0.15, -0.1) is 6.58 Å². The third kappa shape index (κ3) is 2.32. The summed E-state index contributed by atoms with van der Waals surface area (Å²) >= 11 is 0. The number of rotatable bonds is 4. The van der Waals surface area contributed by atoms with Gasteiger partial charge in [-0.1, -0.05) is 6.08 Å². The van der Waals surface area contributed by atoms with E-state index < -0.39 is 0 Å². The molecule has 1 aliphatic rings. The van der Waals surface area contributed by atoms with Crippen LogP contribution < -0.4 is 10.1 Å². The molecule has 0 saturated carbocycles. The Morgan fingerprint density at radius 2 is 2.15 bits per heavy atom. The lowest BCUT2D eigenvalue weighted by atomic mass is 10.0. The van der Waals surface area contributed by atoms with Crippen LogP contribution in [0.5, 0.6) is 5.75 Å². The SMILES string of the molecule is C=C[C@H](c1c[nH]c2ccc(OC)cc12)N1CCNCC1. The molecule has 1 aliphatic heterocycles. The monoisotopic (exact) mass is 271 g/mol. The number of ether oxygens (including phenoxy) is 1. The summed E-state index contributed by atoms with van der Waals surface area (Å²) in [6, 6.07) is 6.39. The molecule has 2 aromatic rings. The van der Waals surface area contributed by atoms with Crippen LogP contribution >= 0.6 is 0 Å². The maximum Gasteiger partial charge on any atom is 0.119 e. The van der Waals surface area contributed by atoms with Crippen molar-refractivity contribution in [3.05, 3.63) is 42.6 Å². The zero-order chi connectivity index (χ0) is 13.9. The Balaban J connectivity index is 2.00. The fourth-order valence-corrected chi connectivity index (χ4v) is 2.93. The molecule has 2 N–H and O–H groups in total. The Morgan fingerprint density at radius 1 is 1.35 bits per heavy atom. The smallest absolute Gasteiger partial charge is 0.119 e. The Morgan fingerprint density at radius 3 is 2.85 bits per heavy atom. The lowest BCUT2D eigenvalue weighted by Gasteiger charge is -2.33. The summed E-state index contributed by atoms with van der Waals surface area (Å²) in [6.07, 6.45) is 4.13. The van der Waals surface area contributed by atoms with E-state index >= 15 is 0 Å². The standard InChI is InChI=1S/C16H21N3O/c1-3-16(19-8-6-17-7-9-19)14-11-18-15-5-4-12(20-2)10-13(14)15/h3-5,10-11,16-18H,1,6-9H2,2H3/t16-/m1/s1. The number of piperazine rings is 1. The maximum atomic E-state index is 5.34. The highest BCUT2D eigenvalue weighted by Gasteiger charge is 2.22. The van der Waals surface area contributed by atoms with E-state index in [1.165, 1.54) is 10.9 Å². The zero-order valence-electron chi connectivity index (χ0n) is 11.9. The van der Waals surface area contributed by atoms with E-state index in [2.05, 4.69) is 40.1 Å². The van der Waals surface area contributed by atoms with E-state index in [4.69, 9.17) is 4.74 Å². The van der Waals surface area contributed by atoms with Crippen molar-refractivity contribution in [2.45, 2.75) is 6.04 Å². The number of nitrogens with zero attached hydrogens (tertiary/aromatic N) is 1. The molecule has 1 aromatic heterocycles. The van der Waals surface area contributed by atoms with Gasteiger partial charge in [0.05, 0.1) is 13.2 Å². The topological polar surface area (TPSA) is 40.3 Å². The molecule has 0 amide bonds. The van der Waals surface area contributed by atoms with Crippen LogP contribution in [-0.4, -0.2) is 43.2 Å². The van der Waals surface area contributed by atoms with E-state index in [-0.39, 0.29) is 6.04 Å². The molecule has 4 nitrogen and oxygen atoms in total. The van der Waals surface area contributed by atoms with Crippen LogP contribution in [-0.2, 0) is 0 Å². The van der Waals surface area contributed by atoms with Crippen molar-refractivity contribution in [3.63, 3.8) is 0 Å². The summed E-state index contributed by atoms with van der Waals surface area (Å²) in [5.74, 6) is 0.890. The predicted molar refractivity (Wildman–Crippen MR) is 82.2 cm³/mol. The van der Waals surface area contributed by atoms with Gasteiger partial charge >= 0.3 is 0 Å². The first kappa shape index (κ1) is 13.2. The Labute approximate surface area is 119 Å². The van der Waals surface area contributed by atoms with Gasteiger partial charge in [0.15, 0.2) is 0 Å². The highest BCUT2D eigenvalue weighted by Crippen LogP contribution is 2.31. The summed E-state index contributed by atoms with van der Waals surface area (Å²) in [7, 11) is 1.70. The number of nitrogens with one attached hydrogen (secondary N) is 2. The molecule has 20 heavy (non-hydrogen) atoms. The summed E-state index contributed by atoms with van der Waals surface area (Å²) in [4.78, 5) is 5.81. The molecular formula is C16H21N3O. The second-order valence-corrected chi connectivity index (χ2v) is 5.12. The number of fused-ring (bicyclic) bond motifs is 1. The van der Waals surface area contributed by atoms with E-state index in [0.717, 1.165) is 37.4 Å². The van der Waals surface area contributed by atoms with Gasteiger partial charge in [-0.25, -0.2) is 0 Å². The summed E-state index contributed by atoms with van der Waals surface area (Å²) in [6.45, 7) is 8.21. The van der Waals surface area contributed by atoms with Gasteiger partial charge in [0.25, 0.3) is 0 Å². The van der Waals surface area contributed by atoms with Crippen molar-refractivity contribution in [2.24, 2.45) is 0 Å². The van der Waals surface area contributed by atoms with Gasteiger partial charge < -0.3 is 15.0 Å². The molecule has 106 valence electrons. The molecule has 1 atom stereocenters. The Hall–Kier alpha value is -1.78. The fraction of sp³-hybridized carbons (Fsp3) is 0.375. The molecule has 3 rings (SSSR count). The number of hydrogen-bond acceptors (Lipinski definition) is 3. The van der Waals surface area contributed by atoms with Crippen molar-refractivity contribution in [2.75, 3.05) is 33.3 Å². The maximum absolute atomic E-state index is 5.34.